The molecule has 0 aliphatic carbocycles. The second-order valence-electron chi connectivity index (χ2n) is 8.72. The van der Waals surface area contributed by atoms with Crippen LogP contribution in [0.1, 0.15) is 52.7 Å². The molecule has 0 saturated carbocycles. The molecule has 0 spiro atoms. The second kappa shape index (κ2) is 8.42. The summed E-state index contributed by atoms with van der Waals surface area (Å²) in [4.78, 5) is 23.8. The largest absolute Gasteiger partial charge is 0.423 e. The lowest BCUT2D eigenvalue weighted by Crippen LogP contribution is -2.12. The minimum absolute atomic E-state index is 0.0251. The molecule has 0 radical (unpaired) electrons. The van der Waals surface area contributed by atoms with Crippen LogP contribution in [0, 0.1) is 0 Å². The van der Waals surface area contributed by atoms with Crippen molar-refractivity contribution < 1.29 is 19.1 Å². The molecule has 0 unspecified atom stereocenters. The molecule has 0 aromatic heterocycles. The third kappa shape index (κ3) is 6.38. The maximum absolute atomic E-state index is 11.9. The summed E-state index contributed by atoms with van der Waals surface area (Å²) in [7, 11) is 0. The van der Waals surface area contributed by atoms with Crippen LogP contribution in [-0.2, 0) is 20.4 Å². The first-order valence-electron chi connectivity index (χ1n) is 9.28. The lowest BCUT2D eigenvalue weighted by molar-refractivity contribution is -0.131. The summed E-state index contributed by atoms with van der Waals surface area (Å²) in [5, 5.41) is 0. The topological polar surface area (TPSA) is 52.6 Å². The van der Waals surface area contributed by atoms with Crippen LogP contribution in [0.3, 0.4) is 0 Å². The number of ether oxygens (including phenoxy) is 2. The third-order valence-corrected chi connectivity index (χ3v) is 4.23. The molecule has 0 atom stereocenters. The van der Waals surface area contributed by atoms with Crippen LogP contribution in [0.4, 0.5) is 0 Å². The van der Waals surface area contributed by atoms with Gasteiger partial charge in [-0.1, -0.05) is 65.8 Å². The minimum Gasteiger partial charge on any atom is -0.423 e. The van der Waals surface area contributed by atoms with Crippen LogP contribution in [0.5, 0.6) is 11.5 Å². The smallest absolute Gasteiger partial charge is 0.336 e. The standard InChI is InChI=1S/C24H28O4/c1-23(2,3)17-7-11-19(12-8-17)27-21(25)15-16-22(26)28-20-13-9-18(10-14-20)24(4,5)6/h7-16H,1-6H3/b16-15-. The van der Waals surface area contributed by atoms with Crippen molar-refractivity contribution in [2.45, 2.75) is 52.4 Å². The molecule has 4 heteroatoms. The number of carbonyl (C=O) groups excluding carboxylic acids is 2. The van der Waals surface area contributed by atoms with Crippen molar-refractivity contribution >= 4 is 11.9 Å². The van der Waals surface area contributed by atoms with Crippen LogP contribution >= 0.6 is 0 Å². The quantitative estimate of drug-likeness (QED) is 0.408. The highest BCUT2D eigenvalue weighted by molar-refractivity contribution is 5.93. The molecule has 2 rings (SSSR count). The number of rotatable bonds is 4. The van der Waals surface area contributed by atoms with Gasteiger partial charge in [-0.2, -0.15) is 0 Å². The average molecular weight is 380 g/mol. The number of benzene rings is 2. The predicted molar refractivity (Wildman–Crippen MR) is 111 cm³/mol. The van der Waals surface area contributed by atoms with Crippen molar-refractivity contribution in [2.75, 3.05) is 0 Å². The summed E-state index contributed by atoms with van der Waals surface area (Å²) < 4.78 is 10.4. The Bertz CT molecular complexity index is 772. The van der Waals surface area contributed by atoms with Gasteiger partial charge < -0.3 is 9.47 Å². The van der Waals surface area contributed by atoms with E-state index in [1.807, 2.05) is 24.3 Å². The zero-order valence-corrected chi connectivity index (χ0v) is 17.4. The average Bonchev–Trinajstić information content (AvgIpc) is 2.59. The van der Waals surface area contributed by atoms with E-state index in [-0.39, 0.29) is 10.8 Å². The molecule has 0 amide bonds. The lowest BCUT2D eigenvalue weighted by Gasteiger charge is -2.19. The van der Waals surface area contributed by atoms with E-state index in [9.17, 15) is 9.59 Å². The van der Waals surface area contributed by atoms with Crippen LogP contribution in [0.15, 0.2) is 60.7 Å². The number of esters is 2. The van der Waals surface area contributed by atoms with E-state index < -0.39 is 11.9 Å². The van der Waals surface area contributed by atoms with Crippen LogP contribution < -0.4 is 9.47 Å². The fourth-order valence-electron chi connectivity index (χ4n) is 2.48. The maximum Gasteiger partial charge on any atom is 0.336 e. The first-order valence-corrected chi connectivity index (χ1v) is 9.28. The highest BCUT2D eigenvalue weighted by Gasteiger charge is 2.14. The normalized spacial score (nSPS) is 12.1. The molecule has 0 aliphatic rings. The molecule has 0 saturated heterocycles. The molecule has 2 aromatic carbocycles. The summed E-state index contributed by atoms with van der Waals surface area (Å²) in [5.74, 6) is -0.422. The number of hydrogen-bond acceptors (Lipinski definition) is 4. The van der Waals surface area contributed by atoms with Gasteiger partial charge in [0.1, 0.15) is 11.5 Å². The third-order valence-electron chi connectivity index (χ3n) is 4.23. The van der Waals surface area contributed by atoms with E-state index in [0.29, 0.717) is 11.5 Å². The fraction of sp³-hybridized carbons (Fsp3) is 0.333. The van der Waals surface area contributed by atoms with Gasteiger partial charge in [-0.05, 0) is 46.2 Å². The highest BCUT2D eigenvalue weighted by atomic mass is 16.5. The molecule has 4 nitrogen and oxygen atoms in total. The van der Waals surface area contributed by atoms with Gasteiger partial charge in [0, 0.05) is 12.2 Å². The van der Waals surface area contributed by atoms with Gasteiger partial charge in [0.2, 0.25) is 0 Å². The maximum atomic E-state index is 11.9. The van der Waals surface area contributed by atoms with Crippen molar-refractivity contribution in [3.8, 4) is 11.5 Å². The summed E-state index contributed by atoms with van der Waals surface area (Å²) in [5.41, 5.74) is 2.34. The van der Waals surface area contributed by atoms with Crippen molar-refractivity contribution in [3.63, 3.8) is 0 Å². The van der Waals surface area contributed by atoms with E-state index in [1.165, 1.54) is 0 Å². The summed E-state index contributed by atoms with van der Waals surface area (Å²) in [6.45, 7) is 12.7. The Morgan fingerprint density at radius 2 is 0.893 bits per heavy atom. The van der Waals surface area contributed by atoms with Crippen molar-refractivity contribution in [2.24, 2.45) is 0 Å². The summed E-state index contributed by atoms with van der Waals surface area (Å²) in [6.07, 6.45) is 2.12. The van der Waals surface area contributed by atoms with Crippen LogP contribution in [0.2, 0.25) is 0 Å². The van der Waals surface area contributed by atoms with Crippen molar-refractivity contribution in [1.82, 2.24) is 0 Å². The summed E-state index contributed by atoms with van der Waals surface area (Å²) in [6, 6.07) is 14.6. The molecule has 148 valence electrons. The monoisotopic (exact) mass is 380 g/mol. The molecule has 0 aliphatic heterocycles. The zero-order valence-electron chi connectivity index (χ0n) is 17.4. The molecule has 0 bridgehead atoms. The van der Waals surface area contributed by atoms with E-state index in [2.05, 4.69) is 41.5 Å². The van der Waals surface area contributed by atoms with Gasteiger partial charge >= 0.3 is 11.9 Å². The number of carbonyl (C=O) groups is 2. The molecule has 0 N–H and O–H groups in total. The molecule has 0 fully saturated rings. The second-order valence-corrected chi connectivity index (χ2v) is 8.72. The molecule has 28 heavy (non-hydrogen) atoms. The first-order chi connectivity index (χ1) is 12.9. The SMILES string of the molecule is CC(C)(C)c1ccc(OC(=O)/C=C\C(=O)Oc2ccc(C(C)(C)C)cc2)cc1. The molecular weight excluding hydrogens is 352 g/mol. The summed E-state index contributed by atoms with van der Waals surface area (Å²) >= 11 is 0. The predicted octanol–water partition coefficient (Wildman–Crippen LogP) is 5.35. The van der Waals surface area contributed by atoms with Crippen LogP contribution in [0.25, 0.3) is 0 Å². The van der Waals surface area contributed by atoms with E-state index in [0.717, 1.165) is 23.3 Å². The highest BCUT2D eigenvalue weighted by Crippen LogP contribution is 2.25. The van der Waals surface area contributed by atoms with Gasteiger partial charge in [0.05, 0.1) is 0 Å². The van der Waals surface area contributed by atoms with E-state index >= 15 is 0 Å². The molecule has 2 aromatic rings. The van der Waals surface area contributed by atoms with Crippen LogP contribution in [-0.4, -0.2) is 11.9 Å². The van der Waals surface area contributed by atoms with E-state index in [1.54, 1.807) is 24.3 Å². The minimum atomic E-state index is -0.636. The number of hydrogen-bond donors (Lipinski definition) is 0. The Morgan fingerprint density at radius 1 is 0.607 bits per heavy atom. The van der Waals surface area contributed by atoms with Gasteiger partial charge in [0.25, 0.3) is 0 Å². The van der Waals surface area contributed by atoms with Gasteiger partial charge in [-0.3, -0.25) is 0 Å². The Kier molecular flexibility index (Phi) is 6.45. The van der Waals surface area contributed by atoms with Gasteiger partial charge in [-0.25, -0.2) is 9.59 Å². The Labute approximate surface area is 167 Å². The fourth-order valence-corrected chi connectivity index (χ4v) is 2.48. The molecule has 0 heterocycles. The van der Waals surface area contributed by atoms with Gasteiger partial charge in [0.15, 0.2) is 0 Å². The zero-order chi connectivity index (χ0) is 20.9. The van der Waals surface area contributed by atoms with Gasteiger partial charge in [-0.15, -0.1) is 0 Å². The Morgan fingerprint density at radius 3 is 1.14 bits per heavy atom. The Balaban J connectivity index is 1.90. The van der Waals surface area contributed by atoms with Crippen molar-refractivity contribution in [1.29, 1.82) is 0 Å². The first kappa shape index (κ1) is 21.4. The van der Waals surface area contributed by atoms with E-state index in [4.69, 9.17) is 9.47 Å². The lowest BCUT2D eigenvalue weighted by atomic mass is 9.87. The Hall–Kier alpha value is -2.88. The molecular formula is C24H28O4. The van der Waals surface area contributed by atoms with Crippen molar-refractivity contribution in [3.05, 3.63) is 71.8 Å².